The van der Waals surface area contributed by atoms with Crippen molar-refractivity contribution < 1.29 is 9.53 Å². The largest absolute Gasteiger partial charge is 0.493 e. The number of hydrogen-bond acceptors (Lipinski definition) is 3. The molecule has 20 heavy (non-hydrogen) atoms. The molecule has 1 amide bonds. The van der Waals surface area contributed by atoms with Gasteiger partial charge >= 0.3 is 0 Å². The zero-order valence-electron chi connectivity index (χ0n) is 9.97. The number of rotatable bonds is 3. The van der Waals surface area contributed by atoms with Crippen molar-refractivity contribution >= 4 is 82.3 Å². The van der Waals surface area contributed by atoms with Crippen LogP contribution in [0.15, 0.2) is 30.2 Å². The number of carbonyl (C=O) groups excluding carboxylic acids is 1. The maximum Gasteiger partial charge on any atom is 0.257 e. The molecule has 0 radical (unpaired) electrons. The highest BCUT2D eigenvalue weighted by atomic mass is 79.9. The van der Waals surface area contributed by atoms with Crippen LogP contribution >= 0.6 is 70.7 Å². The number of benzene rings is 1. The number of halogens is 4. The minimum absolute atomic E-state index is 0.244. The van der Waals surface area contributed by atoms with Crippen LogP contribution in [0.25, 0.3) is 0 Å². The number of nitrogens with one attached hydrogen (secondary N) is 1. The van der Waals surface area contributed by atoms with Gasteiger partial charge in [-0.1, -0.05) is 11.6 Å². The summed E-state index contributed by atoms with van der Waals surface area (Å²) in [5.41, 5.74) is 1.05. The Bertz CT molecular complexity index is 675. The van der Waals surface area contributed by atoms with Crippen LogP contribution in [0.2, 0.25) is 5.02 Å². The van der Waals surface area contributed by atoms with E-state index in [0.29, 0.717) is 26.5 Å². The number of amides is 1. The molecule has 0 aliphatic rings. The fraction of sp³-hybridized carbons (Fsp3) is 0.0833. The first-order valence-corrected chi connectivity index (χ1v) is 8.79. The average Bonchev–Trinajstić information content (AvgIpc) is 2.68. The Labute approximate surface area is 150 Å². The van der Waals surface area contributed by atoms with Gasteiger partial charge in [0.15, 0.2) is 5.75 Å². The molecule has 0 fully saturated rings. The smallest absolute Gasteiger partial charge is 0.257 e. The van der Waals surface area contributed by atoms with Gasteiger partial charge < -0.3 is 10.1 Å². The second-order valence-corrected chi connectivity index (χ2v) is 8.70. The van der Waals surface area contributed by atoms with E-state index in [1.807, 2.05) is 0 Å². The molecule has 0 saturated heterocycles. The molecular weight excluding hydrogens is 497 g/mol. The highest BCUT2D eigenvalue weighted by molar-refractivity contribution is 9.12. The van der Waals surface area contributed by atoms with Crippen LogP contribution in [0.1, 0.15) is 10.4 Å². The monoisotopic (exact) mass is 501 g/mol. The van der Waals surface area contributed by atoms with Crippen LogP contribution in [0.5, 0.6) is 5.75 Å². The highest BCUT2D eigenvalue weighted by Gasteiger charge is 2.17. The zero-order chi connectivity index (χ0) is 14.9. The minimum Gasteiger partial charge on any atom is -0.493 e. The van der Waals surface area contributed by atoms with Crippen LogP contribution in [-0.4, -0.2) is 13.0 Å². The molecule has 2 aromatic rings. The Kier molecular flexibility index (Phi) is 5.53. The molecule has 0 bridgehead atoms. The van der Waals surface area contributed by atoms with E-state index in [4.69, 9.17) is 16.3 Å². The molecule has 0 aliphatic heterocycles. The van der Waals surface area contributed by atoms with Crippen molar-refractivity contribution in [3.63, 3.8) is 0 Å². The van der Waals surface area contributed by atoms with Gasteiger partial charge in [0.05, 0.1) is 30.4 Å². The first kappa shape index (κ1) is 16.3. The van der Waals surface area contributed by atoms with Gasteiger partial charge in [-0.15, -0.1) is 11.3 Å². The van der Waals surface area contributed by atoms with E-state index in [1.165, 1.54) is 18.4 Å². The Morgan fingerprint density at radius 1 is 1.30 bits per heavy atom. The molecule has 1 heterocycles. The Morgan fingerprint density at radius 2 is 2.00 bits per heavy atom. The normalized spacial score (nSPS) is 10.4. The third kappa shape index (κ3) is 3.57. The van der Waals surface area contributed by atoms with Crippen molar-refractivity contribution in [2.45, 2.75) is 0 Å². The maximum atomic E-state index is 12.3. The lowest BCUT2D eigenvalue weighted by Gasteiger charge is -2.12. The van der Waals surface area contributed by atoms with E-state index in [1.54, 1.807) is 18.2 Å². The summed E-state index contributed by atoms with van der Waals surface area (Å²) in [7, 11) is 1.53. The van der Waals surface area contributed by atoms with Gasteiger partial charge in [0.25, 0.3) is 5.91 Å². The molecule has 1 N–H and O–H groups in total. The van der Waals surface area contributed by atoms with Gasteiger partial charge in [-0.05, 0) is 66.0 Å². The van der Waals surface area contributed by atoms with Gasteiger partial charge in [0, 0.05) is 5.02 Å². The van der Waals surface area contributed by atoms with E-state index in [0.717, 1.165) is 7.57 Å². The SMILES string of the molecule is COc1c(Br)cc(Cl)cc1NC(=O)c1cc(Br)sc1Br. The average molecular weight is 504 g/mol. The Balaban J connectivity index is 2.35. The van der Waals surface area contributed by atoms with E-state index < -0.39 is 0 Å². The molecular formula is C12H7Br3ClNO2S. The predicted molar refractivity (Wildman–Crippen MR) is 93.4 cm³/mol. The molecule has 106 valence electrons. The molecule has 0 unspecified atom stereocenters. The van der Waals surface area contributed by atoms with Crippen molar-refractivity contribution in [1.82, 2.24) is 0 Å². The van der Waals surface area contributed by atoms with E-state index in [9.17, 15) is 4.79 Å². The minimum atomic E-state index is -0.244. The topological polar surface area (TPSA) is 38.3 Å². The molecule has 2 rings (SSSR count). The maximum absolute atomic E-state index is 12.3. The first-order valence-electron chi connectivity index (χ1n) is 5.21. The molecule has 8 heteroatoms. The van der Waals surface area contributed by atoms with Crippen LogP contribution in [0.4, 0.5) is 5.69 Å². The number of anilines is 1. The lowest BCUT2D eigenvalue weighted by molar-refractivity contribution is 0.102. The molecule has 1 aromatic heterocycles. The summed E-state index contributed by atoms with van der Waals surface area (Å²) >= 11 is 17.5. The third-order valence-corrected chi connectivity index (χ3v) is 5.51. The van der Waals surface area contributed by atoms with Crippen LogP contribution in [0, 0.1) is 0 Å². The van der Waals surface area contributed by atoms with Crippen LogP contribution in [0.3, 0.4) is 0 Å². The van der Waals surface area contributed by atoms with Gasteiger partial charge in [0.1, 0.15) is 0 Å². The van der Waals surface area contributed by atoms with Crippen molar-refractivity contribution in [2.75, 3.05) is 12.4 Å². The standard InChI is InChI=1S/C12H7Br3ClNO2S/c1-19-10-7(13)2-5(16)3-8(10)17-12(18)6-4-9(14)20-11(6)15/h2-4H,1H3,(H,17,18). The Morgan fingerprint density at radius 3 is 2.55 bits per heavy atom. The molecule has 0 atom stereocenters. The molecule has 0 aliphatic carbocycles. The molecule has 3 nitrogen and oxygen atoms in total. The molecule has 0 saturated carbocycles. The van der Waals surface area contributed by atoms with Gasteiger partial charge in [-0.2, -0.15) is 0 Å². The van der Waals surface area contributed by atoms with E-state index in [2.05, 4.69) is 53.1 Å². The summed E-state index contributed by atoms with van der Waals surface area (Å²) in [4.78, 5) is 12.3. The highest BCUT2D eigenvalue weighted by Crippen LogP contribution is 2.37. The third-order valence-electron chi connectivity index (χ3n) is 2.36. The summed E-state index contributed by atoms with van der Waals surface area (Å²) in [6.45, 7) is 0. The quantitative estimate of drug-likeness (QED) is 0.561. The fourth-order valence-electron chi connectivity index (χ4n) is 1.55. The summed E-state index contributed by atoms with van der Waals surface area (Å²) in [6, 6.07) is 5.08. The van der Waals surface area contributed by atoms with Gasteiger partial charge in [-0.25, -0.2) is 0 Å². The number of ether oxygens (including phenoxy) is 1. The number of methoxy groups -OCH3 is 1. The first-order chi connectivity index (χ1) is 9.42. The molecule has 1 aromatic carbocycles. The second-order valence-electron chi connectivity index (χ2n) is 3.66. The van der Waals surface area contributed by atoms with Crippen molar-refractivity contribution in [3.8, 4) is 5.75 Å². The van der Waals surface area contributed by atoms with Crippen LogP contribution < -0.4 is 10.1 Å². The number of hydrogen-bond donors (Lipinski definition) is 1. The van der Waals surface area contributed by atoms with E-state index in [-0.39, 0.29) is 5.91 Å². The lowest BCUT2D eigenvalue weighted by atomic mass is 10.2. The summed E-state index contributed by atoms with van der Waals surface area (Å²) < 4.78 is 7.56. The van der Waals surface area contributed by atoms with E-state index >= 15 is 0 Å². The number of thiophene rings is 1. The second kappa shape index (κ2) is 6.79. The summed E-state index contributed by atoms with van der Waals surface area (Å²) in [5, 5.41) is 3.29. The van der Waals surface area contributed by atoms with Crippen LogP contribution in [-0.2, 0) is 0 Å². The molecule has 0 spiro atoms. The summed E-state index contributed by atoms with van der Waals surface area (Å²) in [5.74, 6) is 0.277. The lowest BCUT2D eigenvalue weighted by Crippen LogP contribution is -2.12. The number of carbonyl (C=O) groups is 1. The Hall–Kier alpha value is -0.0800. The van der Waals surface area contributed by atoms with Crippen molar-refractivity contribution in [2.24, 2.45) is 0 Å². The van der Waals surface area contributed by atoms with Crippen molar-refractivity contribution in [3.05, 3.63) is 40.8 Å². The summed E-state index contributed by atoms with van der Waals surface area (Å²) in [6.07, 6.45) is 0. The van der Waals surface area contributed by atoms with Gasteiger partial charge in [-0.3, -0.25) is 4.79 Å². The zero-order valence-corrected chi connectivity index (χ0v) is 16.3. The fourth-order valence-corrected chi connectivity index (χ4v) is 5.31. The van der Waals surface area contributed by atoms with Crippen molar-refractivity contribution in [1.29, 1.82) is 0 Å². The van der Waals surface area contributed by atoms with Gasteiger partial charge in [0.2, 0.25) is 0 Å². The predicted octanol–water partition coefficient (Wildman–Crippen LogP) is 5.95.